The number of anilines is 1. The maximum atomic E-state index is 13.4. The zero-order valence-corrected chi connectivity index (χ0v) is 16.2. The second kappa shape index (κ2) is 9.01. The van der Waals surface area contributed by atoms with Gasteiger partial charge in [-0.25, -0.2) is 8.78 Å². The monoisotopic (exact) mass is 405 g/mol. The van der Waals surface area contributed by atoms with Crippen molar-refractivity contribution >= 4 is 34.7 Å². The average molecular weight is 405 g/mol. The predicted molar refractivity (Wildman–Crippen MR) is 106 cm³/mol. The van der Waals surface area contributed by atoms with Crippen molar-refractivity contribution < 1.29 is 18.3 Å². The largest absolute Gasteiger partial charge is 0.497 e. The van der Waals surface area contributed by atoms with Crippen molar-refractivity contribution in [3.05, 3.63) is 76.5 Å². The number of amides is 1. The maximum Gasteiger partial charge on any atom is 0.237 e. The molecule has 140 valence electrons. The third kappa shape index (κ3) is 5.08. The van der Waals surface area contributed by atoms with Crippen LogP contribution in [0.3, 0.4) is 0 Å². The van der Waals surface area contributed by atoms with Gasteiger partial charge in [-0.15, -0.1) is 23.1 Å². The Bertz CT molecular complexity index is 899. The molecule has 0 aliphatic heterocycles. The lowest BCUT2D eigenvalue weighted by Crippen LogP contribution is -2.31. The topological polar surface area (TPSA) is 29.5 Å². The summed E-state index contributed by atoms with van der Waals surface area (Å²) in [6, 6.07) is 14.8. The number of thiophene rings is 1. The van der Waals surface area contributed by atoms with E-state index >= 15 is 0 Å². The van der Waals surface area contributed by atoms with Gasteiger partial charge in [-0.3, -0.25) is 4.79 Å². The maximum absolute atomic E-state index is 13.4. The number of methoxy groups -OCH3 is 1. The highest BCUT2D eigenvalue weighted by Crippen LogP contribution is 2.26. The summed E-state index contributed by atoms with van der Waals surface area (Å²) in [4.78, 5) is 16.1. The summed E-state index contributed by atoms with van der Waals surface area (Å²) >= 11 is 2.75. The van der Waals surface area contributed by atoms with Crippen LogP contribution in [-0.2, 0) is 11.3 Å². The number of benzene rings is 2. The molecule has 0 N–H and O–H groups in total. The summed E-state index contributed by atoms with van der Waals surface area (Å²) in [6.07, 6.45) is 0. The number of thioether (sulfide) groups is 1. The van der Waals surface area contributed by atoms with Gasteiger partial charge < -0.3 is 9.64 Å². The van der Waals surface area contributed by atoms with Gasteiger partial charge >= 0.3 is 0 Å². The summed E-state index contributed by atoms with van der Waals surface area (Å²) in [5, 5.41) is 1.96. The van der Waals surface area contributed by atoms with E-state index in [-0.39, 0.29) is 11.7 Å². The van der Waals surface area contributed by atoms with Crippen molar-refractivity contribution in [2.75, 3.05) is 17.8 Å². The molecule has 0 saturated heterocycles. The molecule has 0 spiro atoms. The van der Waals surface area contributed by atoms with Crippen LogP contribution in [0.2, 0.25) is 0 Å². The zero-order valence-electron chi connectivity index (χ0n) is 14.5. The molecule has 27 heavy (non-hydrogen) atoms. The van der Waals surface area contributed by atoms with Gasteiger partial charge in [0.25, 0.3) is 0 Å². The van der Waals surface area contributed by atoms with Crippen molar-refractivity contribution in [2.45, 2.75) is 11.4 Å². The minimum Gasteiger partial charge on any atom is -0.497 e. The Morgan fingerprint density at radius 3 is 2.52 bits per heavy atom. The zero-order chi connectivity index (χ0) is 19.2. The lowest BCUT2D eigenvalue weighted by molar-refractivity contribution is -0.116. The molecule has 0 bridgehead atoms. The van der Waals surface area contributed by atoms with E-state index in [9.17, 15) is 13.6 Å². The molecule has 7 heteroatoms. The SMILES string of the molecule is COc1ccc(N(Cc2cccs2)C(=O)CSc2ccc(F)c(F)c2)cc1. The first kappa shape index (κ1) is 19.4. The second-order valence-electron chi connectivity index (χ2n) is 5.62. The standard InChI is InChI=1S/C20H17F2NO2S2/c1-25-15-6-4-14(5-7-15)23(12-17-3-2-10-26-17)20(24)13-27-16-8-9-18(21)19(22)11-16/h2-11H,12-13H2,1H3. The number of carbonyl (C=O) groups is 1. The van der Waals surface area contributed by atoms with Crippen molar-refractivity contribution in [3.63, 3.8) is 0 Å². The molecule has 1 heterocycles. The van der Waals surface area contributed by atoms with E-state index in [4.69, 9.17) is 4.74 Å². The lowest BCUT2D eigenvalue weighted by atomic mass is 10.2. The molecule has 3 nitrogen and oxygen atoms in total. The highest BCUT2D eigenvalue weighted by atomic mass is 32.2. The summed E-state index contributed by atoms with van der Waals surface area (Å²) in [6.45, 7) is 0.446. The van der Waals surface area contributed by atoms with Crippen LogP contribution < -0.4 is 9.64 Å². The van der Waals surface area contributed by atoms with E-state index < -0.39 is 11.6 Å². The first-order valence-corrected chi connectivity index (χ1v) is 9.98. The minimum atomic E-state index is -0.918. The molecule has 0 fully saturated rings. The molecule has 3 aromatic rings. The van der Waals surface area contributed by atoms with Crippen molar-refractivity contribution in [1.29, 1.82) is 0 Å². The smallest absolute Gasteiger partial charge is 0.237 e. The van der Waals surface area contributed by atoms with Gasteiger partial charge in [0.15, 0.2) is 11.6 Å². The Labute approximate surface area is 164 Å². The van der Waals surface area contributed by atoms with Gasteiger partial charge in [0, 0.05) is 15.5 Å². The van der Waals surface area contributed by atoms with Crippen LogP contribution in [0.5, 0.6) is 5.75 Å². The lowest BCUT2D eigenvalue weighted by Gasteiger charge is -2.22. The third-order valence-electron chi connectivity index (χ3n) is 3.83. The number of ether oxygens (including phenoxy) is 1. The van der Waals surface area contributed by atoms with Crippen LogP contribution in [0.25, 0.3) is 0 Å². The van der Waals surface area contributed by atoms with E-state index in [1.165, 1.54) is 17.8 Å². The van der Waals surface area contributed by atoms with Gasteiger partial charge in [-0.2, -0.15) is 0 Å². The molecule has 0 saturated carbocycles. The van der Waals surface area contributed by atoms with Crippen LogP contribution in [-0.4, -0.2) is 18.8 Å². The Kier molecular flexibility index (Phi) is 6.47. The molecular weight excluding hydrogens is 388 g/mol. The number of carbonyl (C=O) groups excluding carboxylic acids is 1. The first-order chi connectivity index (χ1) is 13.1. The molecule has 0 aliphatic rings. The molecule has 0 unspecified atom stereocenters. The van der Waals surface area contributed by atoms with E-state index in [0.29, 0.717) is 17.2 Å². The van der Waals surface area contributed by atoms with Crippen LogP contribution >= 0.6 is 23.1 Å². The van der Waals surface area contributed by atoms with E-state index in [0.717, 1.165) is 22.7 Å². The predicted octanol–water partition coefficient (Wildman–Crippen LogP) is 5.36. The highest BCUT2D eigenvalue weighted by molar-refractivity contribution is 8.00. The molecule has 0 aliphatic carbocycles. The Morgan fingerprint density at radius 2 is 1.89 bits per heavy atom. The van der Waals surface area contributed by atoms with Crippen LogP contribution in [0.15, 0.2) is 64.9 Å². The number of halogens is 2. The van der Waals surface area contributed by atoms with Gasteiger partial charge in [0.2, 0.25) is 5.91 Å². The summed E-state index contributed by atoms with van der Waals surface area (Å²) < 4.78 is 31.6. The highest BCUT2D eigenvalue weighted by Gasteiger charge is 2.17. The summed E-state index contributed by atoms with van der Waals surface area (Å²) in [5.74, 6) is -1.12. The van der Waals surface area contributed by atoms with Crippen molar-refractivity contribution in [3.8, 4) is 5.75 Å². The molecule has 1 amide bonds. The van der Waals surface area contributed by atoms with Crippen LogP contribution in [0, 0.1) is 11.6 Å². The third-order valence-corrected chi connectivity index (χ3v) is 5.67. The van der Waals surface area contributed by atoms with E-state index in [1.54, 1.807) is 35.5 Å². The average Bonchev–Trinajstić information content (AvgIpc) is 3.20. The van der Waals surface area contributed by atoms with Gasteiger partial charge in [-0.05, 0) is 53.9 Å². The van der Waals surface area contributed by atoms with Gasteiger partial charge in [0.05, 0.1) is 19.4 Å². The summed E-state index contributed by atoms with van der Waals surface area (Å²) in [7, 11) is 1.59. The number of nitrogens with zero attached hydrogens (tertiary/aromatic N) is 1. The minimum absolute atomic E-state index is 0.114. The number of hydrogen-bond donors (Lipinski definition) is 0. The fourth-order valence-electron chi connectivity index (χ4n) is 2.43. The Morgan fingerprint density at radius 1 is 1.11 bits per heavy atom. The van der Waals surface area contributed by atoms with E-state index in [1.807, 2.05) is 29.6 Å². The first-order valence-electron chi connectivity index (χ1n) is 8.11. The number of hydrogen-bond acceptors (Lipinski definition) is 4. The Hall–Kier alpha value is -2.38. The molecule has 0 atom stereocenters. The fraction of sp³-hybridized carbons (Fsp3) is 0.150. The molecule has 1 aromatic heterocycles. The van der Waals surface area contributed by atoms with Crippen LogP contribution in [0.1, 0.15) is 4.88 Å². The number of rotatable bonds is 7. The molecular formula is C20H17F2NO2S2. The normalized spacial score (nSPS) is 10.6. The van der Waals surface area contributed by atoms with Crippen molar-refractivity contribution in [1.82, 2.24) is 0 Å². The van der Waals surface area contributed by atoms with Crippen LogP contribution in [0.4, 0.5) is 14.5 Å². The molecule has 3 rings (SSSR count). The van der Waals surface area contributed by atoms with E-state index in [2.05, 4.69) is 0 Å². The molecule has 2 aromatic carbocycles. The Balaban J connectivity index is 1.75. The fourth-order valence-corrected chi connectivity index (χ4v) is 3.92. The van der Waals surface area contributed by atoms with Gasteiger partial charge in [0.1, 0.15) is 5.75 Å². The summed E-state index contributed by atoms with van der Waals surface area (Å²) in [5.41, 5.74) is 0.750. The van der Waals surface area contributed by atoms with Gasteiger partial charge in [-0.1, -0.05) is 6.07 Å². The van der Waals surface area contributed by atoms with Crippen molar-refractivity contribution in [2.24, 2.45) is 0 Å². The molecule has 0 radical (unpaired) electrons. The quantitative estimate of drug-likeness (QED) is 0.496. The second-order valence-corrected chi connectivity index (χ2v) is 7.70.